The Morgan fingerprint density at radius 3 is 2.62 bits per heavy atom. The Labute approximate surface area is 140 Å². The van der Waals surface area contributed by atoms with Crippen molar-refractivity contribution in [2.75, 3.05) is 5.32 Å². The van der Waals surface area contributed by atoms with Crippen LogP contribution in [-0.4, -0.2) is 30.7 Å². The average Bonchev–Trinajstić information content (AvgIpc) is 3.27. The molecule has 0 saturated carbocycles. The minimum Gasteiger partial charge on any atom is -0.305 e. The monoisotopic (exact) mass is 324 g/mol. The Hall–Kier alpha value is -2.96. The van der Waals surface area contributed by atoms with E-state index in [-0.39, 0.29) is 17.6 Å². The van der Waals surface area contributed by atoms with E-state index >= 15 is 0 Å². The molecule has 0 saturated heterocycles. The Morgan fingerprint density at radius 1 is 1.17 bits per heavy atom. The van der Waals surface area contributed by atoms with E-state index in [1.165, 1.54) is 0 Å². The summed E-state index contributed by atoms with van der Waals surface area (Å²) in [5.74, 6) is 0.368. The fourth-order valence-corrected chi connectivity index (χ4v) is 2.59. The summed E-state index contributed by atoms with van der Waals surface area (Å²) >= 11 is 0. The van der Waals surface area contributed by atoms with Crippen LogP contribution in [0.15, 0.2) is 48.8 Å². The van der Waals surface area contributed by atoms with Gasteiger partial charge in [-0.25, -0.2) is 9.36 Å². The first-order chi connectivity index (χ1) is 11.7. The van der Waals surface area contributed by atoms with E-state index in [2.05, 4.69) is 34.6 Å². The van der Waals surface area contributed by atoms with Crippen molar-refractivity contribution in [1.82, 2.24) is 24.8 Å². The number of carbonyl (C=O) groups excluding carboxylic acids is 1. The fraction of sp³-hybridized carbons (Fsp3) is 0.294. The average molecular weight is 324 g/mol. The third-order valence-electron chi connectivity index (χ3n) is 3.95. The minimum absolute atomic E-state index is 0.260. The molecule has 3 rings (SSSR count). The Kier molecular flexibility index (Phi) is 4.69. The highest BCUT2D eigenvalue weighted by atomic mass is 16.2. The molecule has 0 unspecified atom stereocenters. The number of nitrogens with zero attached hydrogens (tertiary/aromatic N) is 5. The lowest BCUT2D eigenvalue weighted by atomic mass is 10.2. The zero-order valence-electron chi connectivity index (χ0n) is 13.8. The largest absolute Gasteiger partial charge is 0.305 e. The van der Waals surface area contributed by atoms with Crippen LogP contribution in [0.4, 0.5) is 5.82 Å². The molecule has 0 aliphatic heterocycles. The predicted molar refractivity (Wildman–Crippen MR) is 91.2 cm³/mol. The molecule has 2 heterocycles. The Bertz CT molecular complexity index is 803. The lowest BCUT2D eigenvalue weighted by molar-refractivity contribution is 0.102. The van der Waals surface area contributed by atoms with Crippen molar-refractivity contribution in [3.05, 3.63) is 54.5 Å². The third kappa shape index (κ3) is 3.19. The van der Waals surface area contributed by atoms with Gasteiger partial charge in [0, 0.05) is 6.07 Å². The third-order valence-corrected chi connectivity index (χ3v) is 3.95. The smallest absolute Gasteiger partial charge is 0.279 e. The number of hydrogen-bond acceptors (Lipinski definition) is 4. The summed E-state index contributed by atoms with van der Waals surface area (Å²) in [6.45, 7) is 4.21. The summed E-state index contributed by atoms with van der Waals surface area (Å²) in [7, 11) is 0. The topological polar surface area (TPSA) is 77.6 Å². The van der Waals surface area contributed by atoms with Crippen LogP contribution < -0.4 is 5.32 Å². The predicted octanol–water partition coefficient (Wildman–Crippen LogP) is 3.08. The number of hydrogen-bond donors (Lipinski definition) is 1. The summed E-state index contributed by atoms with van der Waals surface area (Å²) in [5.41, 5.74) is 1.11. The number of para-hydroxylation sites is 1. The van der Waals surface area contributed by atoms with E-state index in [4.69, 9.17) is 0 Å². The van der Waals surface area contributed by atoms with Gasteiger partial charge in [0.05, 0.1) is 24.1 Å². The van der Waals surface area contributed by atoms with Crippen molar-refractivity contribution in [3.8, 4) is 5.69 Å². The molecule has 0 spiro atoms. The number of aromatic nitrogens is 5. The van der Waals surface area contributed by atoms with Gasteiger partial charge < -0.3 is 5.32 Å². The van der Waals surface area contributed by atoms with Gasteiger partial charge in [0.2, 0.25) is 0 Å². The number of carbonyl (C=O) groups is 1. The summed E-state index contributed by atoms with van der Waals surface area (Å²) in [6, 6.07) is 11.6. The van der Waals surface area contributed by atoms with Crippen LogP contribution in [0.25, 0.3) is 5.69 Å². The molecule has 1 amide bonds. The van der Waals surface area contributed by atoms with Crippen LogP contribution in [0.3, 0.4) is 0 Å². The second-order valence-corrected chi connectivity index (χ2v) is 5.47. The van der Waals surface area contributed by atoms with Gasteiger partial charge in [-0.05, 0) is 25.0 Å². The van der Waals surface area contributed by atoms with E-state index in [0.717, 1.165) is 18.5 Å². The first-order valence-corrected chi connectivity index (χ1v) is 8.05. The van der Waals surface area contributed by atoms with Crippen LogP contribution >= 0.6 is 0 Å². The van der Waals surface area contributed by atoms with Gasteiger partial charge in [-0.15, -0.1) is 5.10 Å². The van der Waals surface area contributed by atoms with Gasteiger partial charge in [-0.2, -0.15) is 5.10 Å². The minimum atomic E-state index is -0.301. The van der Waals surface area contributed by atoms with E-state index in [9.17, 15) is 4.79 Å². The van der Waals surface area contributed by atoms with Gasteiger partial charge in [-0.3, -0.25) is 4.79 Å². The van der Waals surface area contributed by atoms with E-state index < -0.39 is 0 Å². The number of benzene rings is 1. The van der Waals surface area contributed by atoms with Crippen LogP contribution in [-0.2, 0) is 0 Å². The second kappa shape index (κ2) is 7.08. The van der Waals surface area contributed by atoms with Crippen LogP contribution in [0.1, 0.15) is 43.2 Å². The molecule has 7 nitrogen and oxygen atoms in total. The molecule has 0 bridgehead atoms. The molecule has 7 heteroatoms. The van der Waals surface area contributed by atoms with Crippen LogP contribution in [0.5, 0.6) is 0 Å². The lowest BCUT2D eigenvalue weighted by Crippen LogP contribution is -2.18. The van der Waals surface area contributed by atoms with Gasteiger partial charge in [0.25, 0.3) is 5.91 Å². The summed E-state index contributed by atoms with van der Waals surface area (Å²) < 4.78 is 3.42. The maximum absolute atomic E-state index is 12.4. The van der Waals surface area contributed by atoms with Crippen molar-refractivity contribution >= 4 is 11.7 Å². The zero-order valence-corrected chi connectivity index (χ0v) is 13.8. The van der Waals surface area contributed by atoms with Crippen molar-refractivity contribution in [2.24, 2.45) is 0 Å². The molecule has 124 valence electrons. The van der Waals surface area contributed by atoms with Crippen molar-refractivity contribution in [1.29, 1.82) is 0 Å². The van der Waals surface area contributed by atoms with Crippen molar-refractivity contribution in [2.45, 2.75) is 32.7 Å². The lowest BCUT2D eigenvalue weighted by Gasteiger charge is -2.16. The molecule has 0 atom stereocenters. The van der Waals surface area contributed by atoms with Crippen molar-refractivity contribution < 1.29 is 4.79 Å². The molecule has 2 aromatic heterocycles. The molecule has 1 N–H and O–H groups in total. The molecule has 0 radical (unpaired) electrons. The zero-order chi connectivity index (χ0) is 16.9. The van der Waals surface area contributed by atoms with Crippen LogP contribution in [0.2, 0.25) is 0 Å². The molecule has 3 aromatic rings. The summed E-state index contributed by atoms with van der Waals surface area (Å²) in [5, 5.41) is 15.2. The quantitative estimate of drug-likeness (QED) is 0.756. The number of rotatable bonds is 6. The maximum Gasteiger partial charge on any atom is 0.279 e. The molecule has 0 aliphatic rings. The highest BCUT2D eigenvalue weighted by Gasteiger charge is 2.16. The number of amides is 1. The van der Waals surface area contributed by atoms with E-state index in [1.807, 2.05) is 35.0 Å². The van der Waals surface area contributed by atoms with Gasteiger partial charge in [-0.1, -0.05) is 37.3 Å². The normalized spacial score (nSPS) is 11.0. The number of anilines is 1. The Morgan fingerprint density at radius 2 is 1.92 bits per heavy atom. The van der Waals surface area contributed by atoms with Crippen LogP contribution in [0, 0.1) is 0 Å². The first-order valence-electron chi connectivity index (χ1n) is 8.05. The summed E-state index contributed by atoms with van der Waals surface area (Å²) in [4.78, 5) is 12.4. The highest BCUT2D eigenvalue weighted by Crippen LogP contribution is 2.20. The van der Waals surface area contributed by atoms with E-state index in [0.29, 0.717) is 5.82 Å². The molecule has 1 aromatic carbocycles. The maximum atomic E-state index is 12.4. The van der Waals surface area contributed by atoms with Gasteiger partial charge in [0.1, 0.15) is 5.82 Å². The van der Waals surface area contributed by atoms with Gasteiger partial charge in [0.15, 0.2) is 5.69 Å². The molecule has 0 fully saturated rings. The highest BCUT2D eigenvalue weighted by molar-refractivity contribution is 6.02. The molecular formula is C17H20N6O. The molecule has 24 heavy (non-hydrogen) atoms. The Balaban J connectivity index is 1.77. The SMILES string of the molecule is CCC(CC)n1nccc1NC(=O)c1cn(-c2ccccc2)nn1. The molecular weight excluding hydrogens is 304 g/mol. The first kappa shape index (κ1) is 15.9. The van der Waals surface area contributed by atoms with Crippen molar-refractivity contribution in [3.63, 3.8) is 0 Å². The molecule has 0 aliphatic carbocycles. The fourth-order valence-electron chi connectivity index (χ4n) is 2.59. The standard InChI is InChI=1S/C17H20N6O/c1-3-13(4-2)23-16(10-11-18-23)19-17(24)15-12-22(21-20-15)14-8-6-5-7-9-14/h5-13H,3-4H2,1-2H3,(H,19,24). The summed E-state index contributed by atoms with van der Waals surface area (Å²) in [6.07, 6.45) is 5.20. The second-order valence-electron chi connectivity index (χ2n) is 5.47. The van der Waals surface area contributed by atoms with E-state index in [1.54, 1.807) is 23.1 Å². The number of nitrogens with one attached hydrogen (secondary N) is 1. The van der Waals surface area contributed by atoms with Gasteiger partial charge >= 0.3 is 0 Å².